The van der Waals surface area contributed by atoms with Crippen LogP contribution in [0, 0.1) is 0 Å². The SMILES string of the molecule is C.O=C(Cl)OCc1ccccc1.O=C(OCc1ccccc1)N(CCO)CCC(c1ccccc1)c1ccccc1.OCCNCCC(c1ccccc1)c1ccccc1. The van der Waals surface area contributed by atoms with Crippen LogP contribution in [0.25, 0.3) is 0 Å². The lowest BCUT2D eigenvalue weighted by Gasteiger charge is -2.25. The van der Waals surface area contributed by atoms with Gasteiger partial charge < -0.3 is 29.9 Å². The molecular formula is C51H59ClN2O6. The van der Waals surface area contributed by atoms with Gasteiger partial charge in [0.05, 0.1) is 13.2 Å². The van der Waals surface area contributed by atoms with Crippen LogP contribution in [0.15, 0.2) is 182 Å². The molecule has 3 N–H and O–H groups in total. The quantitative estimate of drug-likeness (QED) is 0.0585. The van der Waals surface area contributed by atoms with Crippen molar-refractivity contribution in [1.82, 2.24) is 10.2 Å². The third-order valence-corrected chi connectivity index (χ3v) is 9.53. The highest BCUT2D eigenvalue weighted by Gasteiger charge is 2.20. The van der Waals surface area contributed by atoms with Crippen LogP contribution in [0.5, 0.6) is 0 Å². The molecule has 0 fully saturated rings. The number of hydrogen-bond acceptors (Lipinski definition) is 7. The van der Waals surface area contributed by atoms with E-state index in [1.165, 1.54) is 22.3 Å². The highest BCUT2D eigenvalue weighted by molar-refractivity contribution is 6.61. The molecule has 0 aliphatic heterocycles. The van der Waals surface area contributed by atoms with Crippen molar-refractivity contribution < 1.29 is 29.3 Å². The second-order valence-corrected chi connectivity index (χ2v) is 13.9. The number of hydrogen-bond donors (Lipinski definition) is 3. The van der Waals surface area contributed by atoms with Crippen LogP contribution in [0.3, 0.4) is 0 Å². The smallest absolute Gasteiger partial charge is 0.410 e. The third-order valence-electron chi connectivity index (χ3n) is 9.42. The van der Waals surface area contributed by atoms with E-state index in [9.17, 15) is 14.7 Å². The second-order valence-electron chi connectivity index (χ2n) is 13.6. The molecule has 0 spiro atoms. The van der Waals surface area contributed by atoms with E-state index in [0.29, 0.717) is 19.0 Å². The molecule has 0 heterocycles. The summed E-state index contributed by atoms with van der Waals surface area (Å²) in [5.74, 6) is 0.578. The molecule has 0 unspecified atom stereocenters. The fourth-order valence-electron chi connectivity index (χ4n) is 6.47. The number of aliphatic hydroxyl groups excluding tert-OH is 2. The van der Waals surface area contributed by atoms with Crippen LogP contribution in [-0.2, 0) is 22.7 Å². The zero-order chi connectivity index (χ0) is 41.8. The Hall–Kier alpha value is -5.77. The zero-order valence-corrected chi connectivity index (χ0v) is 34.2. The van der Waals surface area contributed by atoms with Crippen molar-refractivity contribution in [3.63, 3.8) is 0 Å². The summed E-state index contributed by atoms with van der Waals surface area (Å²) in [4.78, 5) is 24.3. The van der Waals surface area contributed by atoms with Crippen LogP contribution >= 0.6 is 11.6 Å². The van der Waals surface area contributed by atoms with Crippen LogP contribution in [0.2, 0.25) is 0 Å². The van der Waals surface area contributed by atoms with Gasteiger partial charge in [0.1, 0.15) is 13.2 Å². The van der Waals surface area contributed by atoms with Gasteiger partial charge in [0.25, 0.3) is 0 Å². The summed E-state index contributed by atoms with van der Waals surface area (Å²) in [5, 5.41) is 21.5. The average Bonchev–Trinajstić information content (AvgIpc) is 3.30. The van der Waals surface area contributed by atoms with Gasteiger partial charge >= 0.3 is 11.5 Å². The predicted molar refractivity (Wildman–Crippen MR) is 243 cm³/mol. The lowest BCUT2D eigenvalue weighted by molar-refractivity contribution is 0.0877. The van der Waals surface area contributed by atoms with Crippen molar-refractivity contribution in [1.29, 1.82) is 0 Å². The summed E-state index contributed by atoms with van der Waals surface area (Å²) < 4.78 is 10.0. The van der Waals surface area contributed by atoms with E-state index in [1.807, 2.05) is 97.1 Å². The van der Waals surface area contributed by atoms with Gasteiger partial charge in [-0.1, -0.05) is 189 Å². The number of ether oxygens (including phenoxy) is 2. The first-order valence-corrected chi connectivity index (χ1v) is 20.3. The van der Waals surface area contributed by atoms with Crippen molar-refractivity contribution in [2.75, 3.05) is 39.4 Å². The fourth-order valence-corrected chi connectivity index (χ4v) is 6.52. The second kappa shape index (κ2) is 29.4. The fraction of sp³-hybridized carbons (Fsp3) is 0.255. The van der Waals surface area contributed by atoms with Crippen molar-refractivity contribution in [2.45, 2.75) is 45.3 Å². The summed E-state index contributed by atoms with van der Waals surface area (Å²) in [7, 11) is 0. The van der Waals surface area contributed by atoms with Crippen LogP contribution < -0.4 is 5.32 Å². The van der Waals surface area contributed by atoms with E-state index in [4.69, 9.17) is 21.4 Å². The Morgan fingerprint density at radius 2 is 0.867 bits per heavy atom. The van der Waals surface area contributed by atoms with Crippen molar-refractivity contribution in [2.24, 2.45) is 0 Å². The molecule has 6 aromatic carbocycles. The molecule has 0 radical (unpaired) electrons. The molecule has 8 nitrogen and oxygen atoms in total. The average molecular weight is 831 g/mol. The van der Waals surface area contributed by atoms with Gasteiger partial charge in [0.15, 0.2) is 0 Å². The molecule has 6 rings (SSSR count). The summed E-state index contributed by atoms with van der Waals surface area (Å²) in [6.07, 6.45) is 1.38. The van der Waals surface area contributed by atoms with E-state index in [2.05, 4.69) is 95.0 Å². The van der Waals surface area contributed by atoms with Gasteiger partial charge in [0, 0.05) is 43.1 Å². The molecule has 1 amide bonds. The molecule has 0 saturated heterocycles. The number of aliphatic hydroxyl groups is 2. The first-order valence-electron chi connectivity index (χ1n) is 19.9. The summed E-state index contributed by atoms with van der Waals surface area (Å²) in [6.45, 7) is 2.90. The standard InChI is InChI=1S/C25H27NO3.C17H21NO.C8H7ClO2.CH4/c27-19-18-26(25(28)29-20-21-10-4-1-5-11-21)17-16-24(22-12-6-2-7-13-22)23-14-8-3-9-15-23;19-14-13-18-12-11-17(15-7-3-1-4-8-15)16-9-5-2-6-10-16;9-8(10)11-6-7-4-2-1-3-5-7;/h1-15,24,27H,16-20H2;1-10,17-19H,11-14H2;1-5H,6H2;1H4. The number of rotatable bonds is 18. The maximum Gasteiger partial charge on any atom is 0.410 e. The molecule has 6 aromatic rings. The van der Waals surface area contributed by atoms with Crippen molar-refractivity contribution in [3.8, 4) is 0 Å². The lowest BCUT2D eigenvalue weighted by Crippen LogP contribution is -2.35. The Bertz CT molecular complexity index is 1900. The van der Waals surface area contributed by atoms with Gasteiger partial charge in [0.2, 0.25) is 0 Å². The van der Waals surface area contributed by atoms with Gasteiger partial charge in [-0.25, -0.2) is 9.59 Å². The van der Waals surface area contributed by atoms with Gasteiger partial charge in [-0.15, -0.1) is 0 Å². The monoisotopic (exact) mass is 830 g/mol. The molecule has 60 heavy (non-hydrogen) atoms. The van der Waals surface area contributed by atoms with E-state index in [-0.39, 0.29) is 46.3 Å². The van der Waals surface area contributed by atoms with E-state index in [0.717, 1.165) is 30.5 Å². The minimum absolute atomic E-state index is 0. The van der Waals surface area contributed by atoms with E-state index < -0.39 is 11.5 Å². The summed E-state index contributed by atoms with van der Waals surface area (Å²) in [5.41, 5.74) is 6.21. The molecular weight excluding hydrogens is 772 g/mol. The number of carbonyl (C=O) groups is 2. The molecule has 0 aliphatic carbocycles. The number of nitrogens with one attached hydrogen (secondary N) is 1. The lowest BCUT2D eigenvalue weighted by atomic mass is 9.88. The Morgan fingerprint density at radius 3 is 1.23 bits per heavy atom. The summed E-state index contributed by atoms with van der Waals surface area (Å²) in [6, 6.07) is 60.8. The highest BCUT2D eigenvalue weighted by atomic mass is 35.5. The largest absolute Gasteiger partial charge is 0.449 e. The Morgan fingerprint density at radius 1 is 0.500 bits per heavy atom. The molecule has 9 heteroatoms. The van der Waals surface area contributed by atoms with E-state index >= 15 is 0 Å². The van der Waals surface area contributed by atoms with Gasteiger partial charge in [-0.3, -0.25) is 0 Å². The van der Waals surface area contributed by atoms with Crippen molar-refractivity contribution in [3.05, 3.63) is 215 Å². The topological polar surface area (TPSA) is 108 Å². The van der Waals surface area contributed by atoms with Crippen LogP contribution in [0.4, 0.5) is 9.59 Å². The number of halogens is 1. The highest BCUT2D eigenvalue weighted by Crippen LogP contribution is 2.29. The minimum atomic E-state index is -0.770. The Kier molecular flexibility index (Phi) is 23.8. The minimum Gasteiger partial charge on any atom is -0.449 e. The number of nitrogens with zero attached hydrogens (tertiary/aromatic N) is 1. The first-order chi connectivity index (χ1) is 29.0. The molecule has 0 atom stereocenters. The summed E-state index contributed by atoms with van der Waals surface area (Å²) >= 11 is 4.97. The maximum atomic E-state index is 12.6. The molecule has 0 saturated carbocycles. The molecule has 316 valence electrons. The number of amides is 1. The van der Waals surface area contributed by atoms with Crippen LogP contribution in [0.1, 0.15) is 65.5 Å². The first kappa shape index (κ1) is 48.6. The maximum absolute atomic E-state index is 12.6. The van der Waals surface area contributed by atoms with Gasteiger partial charge in [-0.2, -0.15) is 0 Å². The normalized spacial score (nSPS) is 10.3. The molecule has 0 aromatic heterocycles. The zero-order valence-electron chi connectivity index (χ0n) is 33.4. The van der Waals surface area contributed by atoms with Gasteiger partial charge in [-0.05, 0) is 52.8 Å². The Labute approximate surface area is 361 Å². The number of carbonyl (C=O) groups excluding carboxylic acids is 2. The number of benzene rings is 6. The van der Waals surface area contributed by atoms with E-state index in [1.54, 1.807) is 4.90 Å². The Balaban J connectivity index is 0.000000265. The molecule has 0 bridgehead atoms. The van der Waals surface area contributed by atoms with Crippen LogP contribution in [-0.4, -0.2) is 66.0 Å². The molecule has 0 aliphatic rings. The predicted octanol–water partition coefficient (Wildman–Crippen LogP) is 10.8. The third kappa shape index (κ3) is 18.4. The van der Waals surface area contributed by atoms with Crippen molar-refractivity contribution >= 4 is 23.1 Å².